The van der Waals surface area contributed by atoms with Gasteiger partial charge < -0.3 is 9.47 Å². The molecule has 0 aliphatic carbocycles. The minimum atomic E-state index is 0.0583. The van der Waals surface area contributed by atoms with Crippen LogP contribution >= 0.6 is 11.8 Å². The summed E-state index contributed by atoms with van der Waals surface area (Å²) < 4.78 is 1.91. The van der Waals surface area contributed by atoms with Crippen LogP contribution in [-0.2, 0) is 12.8 Å². The highest BCUT2D eigenvalue weighted by molar-refractivity contribution is 8.12. The fraction of sp³-hybridized carbons (Fsp3) is 0.500. The number of hydrogen-bond acceptors (Lipinski definition) is 3. The average Bonchev–Trinajstić information content (AvgIpc) is 2.47. The molecule has 0 spiro atoms. The van der Waals surface area contributed by atoms with Crippen LogP contribution in [0.5, 0.6) is 0 Å². The minimum Gasteiger partial charge on any atom is -0.340 e. The molecule has 1 aromatic heterocycles. The van der Waals surface area contributed by atoms with E-state index in [0.717, 1.165) is 5.82 Å². The van der Waals surface area contributed by atoms with Crippen molar-refractivity contribution in [1.82, 2.24) is 14.5 Å². The maximum absolute atomic E-state index is 11.2. The lowest BCUT2D eigenvalue weighted by molar-refractivity contribution is 0.241. The van der Waals surface area contributed by atoms with Crippen LogP contribution < -0.4 is 0 Å². The number of imidazole rings is 1. The van der Waals surface area contributed by atoms with Gasteiger partial charge in [0.1, 0.15) is 5.82 Å². The third kappa shape index (κ3) is 2.77. The average molecular weight is 199 g/mol. The van der Waals surface area contributed by atoms with Gasteiger partial charge in [0.05, 0.1) is 5.75 Å². The summed E-state index contributed by atoms with van der Waals surface area (Å²) >= 11 is 1.26. The lowest BCUT2D eigenvalue weighted by Crippen LogP contribution is -2.16. The molecule has 1 heterocycles. The van der Waals surface area contributed by atoms with Crippen LogP contribution in [0.1, 0.15) is 5.82 Å². The summed E-state index contributed by atoms with van der Waals surface area (Å²) in [5.74, 6) is 1.54. The van der Waals surface area contributed by atoms with Crippen LogP contribution in [0.3, 0.4) is 0 Å². The largest absolute Gasteiger partial charge is 0.340 e. The number of thioether (sulfide) groups is 1. The maximum atomic E-state index is 11.2. The van der Waals surface area contributed by atoms with Gasteiger partial charge in [0, 0.05) is 33.5 Å². The number of hydrogen-bond donors (Lipinski definition) is 0. The molecule has 72 valence electrons. The van der Waals surface area contributed by atoms with Gasteiger partial charge in [-0.3, -0.25) is 4.79 Å². The van der Waals surface area contributed by atoms with Gasteiger partial charge in [-0.2, -0.15) is 0 Å². The molecule has 0 radical (unpaired) electrons. The van der Waals surface area contributed by atoms with E-state index in [4.69, 9.17) is 0 Å². The summed E-state index contributed by atoms with van der Waals surface area (Å²) in [5, 5.41) is 0.0583. The number of aromatic nitrogens is 2. The van der Waals surface area contributed by atoms with Crippen molar-refractivity contribution in [2.45, 2.75) is 5.75 Å². The second-order valence-electron chi connectivity index (χ2n) is 2.90. The monoisotopic (exact) mass is 199 g/mol. The molecule has 0 aromatic carbocycles. The van der Waals surface area contributed by atoms with Crippen molar-refractivity contribution in [2.75, 3.05) is 14.1 Å². The minimum absolute atomic E-state index is 0.0583. The van der Waals surface area contributed by atoms with E-state index in [1.807, 2.05) is 17.8 Å². The fourth-order valence-corrected chi connectivity index (χ4v) is 1.58. The SMILES string of the molecule is CN(C)C(=O)SCc1nccn1C. The molecule has 13 heavy (non-hydrogen) atoms. The summed E-state index contributed by atoms with van der Waals surface area (Å²) in [6, 6.07) is 0. The van der Waals surface area contributed by atoms with Gasteiger partial charge in [0.2, 0.25) is 0 Å². The highest BCUT2D eigenvalue weighted by Crippen LogP contribution is 2.12. The zero-order chi connectivity index (χ0) is 9.84. The molecule has 1 amide bonds. The van der Waals surface area contributed by atoms with E-state index < -0.39 is 0 Å². The molecular weight excluding hydrogens is 186 g/mol. The molecule has 1 aromatic rings. The van der Waals surface area contributed by atoms with Gasteiger partial charge in [-0.25, -0.2) is 4.98 Å². The van der Waals surface area contributed by atoms with Gasteiger partial charge in [0.25, 0.3) is 5.24 Å². The highest BCUT2D eigenvalue weighted by atomic mass is 32.2. The van der Waals surface area contributed by atoms with E-state index in [-0.39, 0.29) is 5.24 Å². The Morgan fingerprint density at radius 2 is 2.38 bits per heavy atom. The van der Waals surface area contributed by atoms with E-state index in [9.17, 15) is 4.79 Å². The van der Waals surface area contributed by atoms with E-state index in [0.29, 0.717) is 5.75 Å². The Labute approximate surface area is 81.9 Å². The first-order chi connectivity index (χ1) is 6.11. The standard InChI is InChI=1S/C8H13N3OS/c1-10(2)8(12)13-6-7-9-4-5-11(7)3/h4-5H,6H2,1-3H3. The number of amides is 1. The smallest absolute Gasteiger partial charge is 0.281 e. The number of nitrogens with zero attached hydrogens (tertiary/aromatic N) is 3. The van der Waals surface area contributed by atoms with Crippen molar-refractivity contribution in [3.63, 3.8) is 0 Å². The van der Waals surface area contributed by atoms with Crippen molar-refractivity contribution in [3.8, 4) is 0 Å². The van der Waals surface area contributed by atoms with E-state index in [1.165, 1.54) is 11.8 Å². The molecule has 0 fully saturated rings. The fourth-order valence-electron chi connectivity index (χ4n) is 0.791. The molecule has 0 unspecified atom stereocenters. The summed E-state index contributed by atoms with van der Waals surface area (Å²) in [6.45, 7) is 0. The van der Waals surface area contributed by atoms with E-state index >= 15 is 0 Å². The summed E-state index contributed by atoms with van der Waals surface area (Å²) in [5.41, 5.74) is 0. The molecule has 0 saturated heterocycles. The molecule has 0 saturated carbocycles. The van der Waals surface area contributed by atoms with Crippen LogP contribution in [0.25, 0.3) is 0 Å². The molecule has 0 atom stereocenters. The van der Waals surface area contributed by atoms with Crippen LogP contribution in [-0.4, -0.2) is 33.8 Å². The maximum Gasteiger partial charge on any atom is 0.281 e. The van der Waals surface area contributed by atoms with E-state index in [1.54, 1.807) is 25.2 Å². The van der Waals surface area contributed by atoms with Gasteiger partial charge in [-0.1, -0.05) is 11.8 Å². The van der Waals surface area contributed by atoms with Crippen LogP contribution in [0, 0.1) is 0 Å². The predicted octanol–water partition coefficient (Wildman–Crippen LogP) is 1.33. The summed E-state index contributed by atoms with van der Waals surface area (Å²) in [4.78, 5) is 16.9. The highest BCUT2D eigenvalue weighted by Gasteiger charge is 2.06. The summed E-state index contributed by atoms with van der Waals surface area (Å²) in [6.07, 6.45) is 3.60. The molecule has 1 rings (SSSR count). The third-order valence-electron chi connectivity index (χ3n) is 1.61. The first kappa shape index (κ1) is 10.1. The van der Waals surface area contributed by atoms with Crippen LogP contribution in [0.4, 0.5) is 4.79 Å². The first-order valence-electron chi connectivity index (χ1n) is 3.91. The second kappa shape index (κ2) is 4.32. The van der Waals surface area contributed by atoms with Crippen molar-refractivity contribution in [1.29, 1.82) is 0 Å². The molecule has 0 aliphatic rings. The molecule has 0 N–H and O–H groups in total. The Kier molecular flexibility index (Phi) is 3.36. The van der Waals surface area contributed by atoms with Gasteiger partial charge in [-0.15, -0.1) is 0 Å². The molecule has 5 heteroatoms. The molecule has 0 aliphatic heterocycles. The Balaban J connectivity index is 2.44. The van der Waals surface area contributed by atoms with Crippen LogP contribution in [0.15, 0.2) is 12.4 Å². The van der Waals surface area contributed by atoms with Gasteiger partial charge >= 0.3 is 0 Å². The number of aryl methyl sites for hydroxylation is 1. The molecule has 0 bridgehead atoms. The Hall–Kier alpha value is -0.970. The Bertz CT molecular complexity index is 295. The first-order valence-corrected chi connectivity index (χ1v) is 4.90. The predicted molar refractivity (Wildman–Crippen MR) is 53.6 cm³/mol. The molecule has 4 nitrogen and oxygen atoms in total. The lowest BCUT2D eigenvalue weighted by atomic mass is 10.7. The third-order valence-corrected chi connectivity index (χ3v) is 2.63. The zero-order valence-electron chi connectivity index (χ0n) is 8.02. The van der Waals surface area contributed by atoms with Crippen molar-refractivity contribution in [2.24, 2.45) is 7.05 Å². The zero-order valence-corrected chi connectivity index (χ0v) is 8.84. The number of carbonyl (C=O) groups is 1. The van der Waals surface area contributed by atoms with Gasteiger partial charge in [-0.05, 0) is 0 Å². The van der Waals surface area contributed by atoms with Crippen molar-refractivity contribution in [3.05, 3.63) is 18.2 Å². The van der Waals surface area contributed by atoms with E-state index in [2.05, 4.69) is 4.98 Å². The quantitative estimate of drug-likeness (QED) is 0.721. The summed E-state index contributed by atoms with van der Waals surface area (Å²) in [7, 11) is 5.41. The molecular formula is C8H13N3OS. The number of rotatable bonds is 2. The Morgan fingerprint density at radius 1 is 1.69 bits per heavy atom. The number of carbonyl (C=O) groups excluding carboxylic acids is 1. The normalized spacial score (nSPS) is 10.1. The topological polar surface area (TPSA) is 38.1 Å². The lowest BCUT2D eigenvalue weighted by Gasteiger charge is -2.08. The second-order valence-corrected chi connectivity index (χ2v) is 3.83. The van der Waals surface area contributed by atoms with Crippen molar-refractivity contribution >= 4 is 17.0 Å². The van der Waals surface area contributed by atoms with Crippen molar-refractivity contribution < 1.29 is 4.79 Å². The van der Waals surface area contributed by atoms with Gasteiger partial charge in [0.15, 0.2) is 0 Å². The van der Waals surface area contributed by atoms with Crippen LogP contribution in [0.2, 0.25) is 0 Å². The Morgan fingerprint density at radius 3 is 2.85 bits per heavy atom.